The van der Waals surface area contributed by atoms with Gasteiger partial charge in [0.2, 0.25) is 15.9 Å². The van der Waals surface area contributed by atoms with Crippen molar-refractivity contribution in [1.29, 1.82) is 0 Å². The molecule has 0 spiro atoms. The summed E-state index contributed by atoms with van der Waals surface area (Å²) in [7, 11) is -3.53. The number of nitrogens with zero attached hydrogens (tertiary/aromatic N) is 1. The third-order valence-electron chi connectivity index (χ3n) is 5.45. The van der Waals surface area contributed by atoms with Gasteiger partial charge in [0.1, 0.15) is 0 Å². The van der Waals surface area contributed by atoms with Gasteiger partial charge in [0.25, 0.3) is 0 Å². The van der Waals surface area contributed by atoms with Crippen molar-refractivity contribution in [1.82, 2.24) is 5.32 Å². The van der Waals surface area contributed by atoms with E-state index >= 15 is 0 Å². The molecule has 0 saturated heterocycles. The van der Waals surface area contributed by atoms with Gasteiger partial charge in [0, 0.05) is 18.0 Å². The lowest BCUT2D eigenvalue weighted by Crippen LogP contribution is -2.33. The molecule has 33 heavy (non-hydrogen) atoms. The highest BCUT2D eigenvalue weighted by atomic mass is 35.5. The molecule has 0 unspecified atom stereocenters. The van der Waals surface area contributed by atoms with Crippen LogP contribution in [0.1, 0.15) is 41.1 Å². The van der Waals surface area contributed by atoms with Gasteiger partial charge in [-0.1, -0.05) is 77.8 Å². The molecule has 7 heteroatoms. The summed E-state index contributed by atoms with van der Waals surface area (Å²) in [5.74, 6) is -0.138. The van der Waals surface area contributed by atoms with Crippen LogP contribution in [0.3, 0.4) is 0 Å². The molecule has 3 rings (SSSR count). The Morgan fingerprint density at radius 3 is 2.24 bits per heavy atom. The minimum atomic E-state index is -3.53. The molecule has 0 fully saturated rings. The van der Waals surface area contributed by atoms with Crippen molar-refractivity contribution in [3.8, 4) is 0 Å². The number of hydrogen-bond acceptors (Lipinski definition) is 3. The van der Waals surface area contributed by atoms with Gasteiger partial charge in [-0.05, 0) is 49.1 Å². The fourth-order valence-electron chi connectivity index (χ4n) is 3.70. The predicted molar refractivity (Wildman–Crippen MR) is 135 cm³/mol. The highest BCUT2D eigenvalue weighted by Crippen LogP contribution is 2.27. The van der Waals surface area contributed by atoms with E-state index in [0.717, 1.165) is 28.5 Å². The predicted octanol–water partition coefficient (Wildman–Crippen LogP) is 5.41. The van der Waals surface area contributed by atoms with Crippen LogP contribution in [0.4, 0.5) is 5.69 Å². The van der Waals surface area contributed by atoms with E-state index in [1.807, 2.05) is 68.4 Å². The first kappa shape index (κ1) is 24.8. The van der Waals surface area contributed by atoms with Crippen molar-refractivity contribution < 1.29 is 13.2 Å². The standard InChI is InChI=1S/C26H29ClN2O3S/c1-19-11-14-22(15-12-19)26(21-8-5-4-6-9-21)28-25(30)10-7-17-29(33(3,31)32)24-18-23(27)16-13-20(24)2/h4-6,8-9,11-16,18,26H,7,10,17H2,1-3H3,(H,28,30)/t26-/m0/s1. The van der Waals surface area contributed by atoms with E-state index in [4.69, 9.17) is 11.6 Å². The number of carbonyl (C=O) groups excluding carboxylic acids is 1. The number of anilines is 1. The zero-order valence-corrected chi connectivity index (χ0v) is 20.7. The van der Waals surface area contributed by atoms with E-state index in [-0.39, 0.29) is 24.9 Å². The van der Waals surface area contributed by atoms with E-state index in [9.17, 15) is 13.2 Å². The topological polar surface area (TPSA) is 66.5 Å². The second kappa shape index (κ2) is 10.9. The highest BCUT2D eigenvalue weighted by molar-refractivity contribution is 7.92. The molecule has 174 valence electrons. The maximum absolute atomic E-state index is 12.9. The molecule has 3 aromatic carbocycles. The number of rotatable bonds is 9. The largest absolute Gasteiger partial charge is 0.345 e. The van der Waals surface area contributed by atoms with Crippen LogP contribution >= 0.6 is 11.6 Å². The molecule has 0 aliphatic rings. The summed E-state index contributed by atoms with van der Waals surface area (Å²) in [6.07, 6.45) is 1.73. The van der Waals surface area contributed by atoms with Crippen LogP contribution in [0.15, 0.2) is 72.8 Å². The van der Waals surface area contributed by atoms with Crippen molar-refractivity contribution >= 4 is 33.2 Å². The molecule has 0 aliphatic heterocycles. The van der Waals surface area contributed by atoms with Gasteiger partial charge in [-0.3, -0.25) is 9.10 Å². The van der Waals surface area contributed by atoms with Gasteiger partial charge in [-0.15, -0.1) is 0 Å². The highest BCUT2D eigenvalue weighted by Gasteiger charge is 2.21. The molecule has 1 atom stereocenters. The number of benzene rings is 3. The Morgan fingerprint density at radius 2 is 1.61 bits per heavy atom. The average Bonchev–Trinajstić information content (AvgIpc) is 2.77. The maximum atomic E-state index is 12.9. The molecule has 0 aromatic heterocycles. The van der Waals surface area contributed by atoms with Crippen molar-refractivity contribution in [2.75, 3.05) is 17.1 Å². The van der Waals surface area contributed by atoms with Crippen LogP contribution in [-0.2, 0) is 14.8 Å². The smallest absolute Gasteiger partial charge is 0.232 e. The molecule has 3 aromatic rings. The van der Waals surface area contributed by atoms with Crippen LogP contribution in [-0.4, -0.2) is 27.1 Å². The van der Waals surface area contributed by atoms with Gasteiger partial charge in [0.15, 0.2) is 0 Å². The average molecular weight is 485 g/mol. The maximum Gasteiger partial charge on any atom is 0.232 e. The number of carbonyl (C=O) groups is 1. The number of halogens is 1. The second-order valence-corrected chi connectivity index (χ2v) is 10.5. The molecule has 0 aliphatic carbocycles. The van der Waals surface area contributed by atoms with Crippen molar-refractivity contribution in [2.24, 2.45) is 0 Å². The lowest BCUT2D eigenvalue weighted by atomic mass is 9.97. The Balaban J connectivity index is 1.71. The van der Waals surface area contributed by atoms with E-state index in [1.54, 1.807) is 18.2 Å². The summed E-state index contributed by atoms with van der Waals surface area (Å²) in [4.78, 5) is 12.9. The van der Waals surface area contributed by atoms with Crippen molar-refractivity contribution in [2.45, 2.75) is 32.7 Å². The fraction of sp³-hybridized carbons (Fsp3) is 0.269. The van der Waals surface area contributed by atoms with Crippen LogP contribution in [0.2, 0.25) is 5.02 Å². The summed E-state index contributed by atoms with van der Waals surface area (Å²) in [5, 5.41) is 3.58. The molecule has 1 amide bonds. The van der Waals surface area contributed by atoms with E-state index in [2.05, 4.69) is 5.32 Å². The first-order valence-electron chi connectivity index (χ1n) is 10.8. The minimum absolute atomic E-state index is 0.138. The Morgan fingerprint density at radius 1 is 0.970 bits per heavy atom. The van der Waals surface area contributed by atoms with Gasteiger partial charge in [-0.2, -0.15) is 0 Å². The monoisotopic (exact) mass is 484 g/mol. The van der Waals surface area contributed by atoms with Crippen molar-refractivity contribution in [3.05, 3.63) is 100 Å². The van der Waals surface area contributed by atoms with Crippen LogP contribution in [0, 0.1) is 13.8 Å². The quantitative estimate of drug-likeness (QED) is 0.441. The summed E-state index contributed by atoms with van der Waals surface area (Å²) in [6.45, 7) is 4.05. The molecule has 5 nitrogen and oxygen atoms in total. The lowest BCUT2D eigenvalue weighted by molar-refractivity contribution is -0.121. The number of sulfonamides is 1. The van der Waals surface area contributed by atoms with Gasteiger partial charge in [-0.25, -0.2) is 8.42 Å². The Labute approximate surface area is 201 Å². The van der Waals surface area contributed by atoms with E-state index in [0.29, 0.717) is 17.1 Å². The minimum Gasteiger partial charge on any atom is -0.345 e. The first-order chi connectivity index (χ1) is 15.6. The number of amides is 1. The Bertz CT molecular complexity index is 1200. The van der Waals surface area contributed by atoms with E-state index < -0.39 is 10.0 Å². The molecule has 1 N–H and O–H groups in total. The Kier molecular flexibility index (Phi) is 8.16. The SMILES string of the molecule is Cc1ccc([C@@H](NC(=O)CCCN(c2cc(Cl)ccc2C)S(C)(=O)=O)c2ccccc2)cc1. The zero-order valence-electron chi connectivity index (χ0n) is 19.1. The molecule has 0 radical (unpaired) electrons. The number of aryl methyl sites for hydroxylation is 2. The first-order valence-corrected chi connectivity index (χ1v) is 13.0. The summed E-state index contributed by atoms with van der Waals surface area (Å²) < 4.78 is 26.2. The third-order valence-corrected chi connectivity index (χ3v) is 6.87. The normalized spacial score (nSPS) is 12.2. The van der Waals surface area contributed by atoms with Gasteiger partial charge in [0.05, 0.1) is 18.0 Å². The van der Waals surface area contributed by atoms with E-state index in [1.165, 1.54) is 4.31 Å². The summed E-state index contributed by atoms with van der Waals surface area (Å²) in [5.41, 5.74) is 4.47. The summed E-state index contributed by atoms with van der Waals surface area (Å²) >= 11 is 6.09. The molecular weight excluding hydrogens is 456 g/mol. The molecule has 0 bridgehead atoms. The number of nitrogens with one attached hydrogen (secondary N) is 1. The molecule has 0 saturated carbocycles. The molecular formula is C26H29ClN2O3S. The van der Waals surface area contributed by atoms with Gasteiger partial charge >= 0.3 is 0 Å². The second-order valence-electron chi connectivity index (χ2n) is 8.19. The van der Waals surface area contributed by atoms with Gasteiger partial charge < -0.3 is 5.32 Å². The lowest BCUT2D eigenvalue weighted by Gasteiger charge is -2.25. The van der Waals surface area contributed by atoms with Crippen LogP contribution < -0.4 is 9.62 Å². The number of hydrogen-bond donors (Lipinski definition) is 1. The molecule has 0 heterocycles. The summed E-state index contributed by atoms with van der Waals surface area (Å²) in [6, 6.07) is 22.7. The zero-order chi connectivity index (χ0) is 24.0. The van der Waals surface area contributed by atoms with Crippen LogP contribution in [0.25, 0.3) is 0 Å². The third kappa shape index (κ3) is 6.83. The Hall–Kier alpha value is -2.83. The van der Waals surface area contributed by atoms with Crippen molar-refractivity contribution in [3.63, 3.8) is 0 Å². The van der Waals surface area contributed by atoms with Crippen LogP contribution in [0.5, 0.6) is 0 Å². The fourth-order valence-corrected chi connectivity index (χ4v) is 4.88.